The molecule has 0 N–H and O–H groups in total. The fourth-order valence-corrected chi connectivity index (χ4v) is 3.50. The number of aryl methyl sites for hydroxylation is 3. The Bertz CT molecular complexity index is 1560. The van der Waals surface area contributed by atoms with Crippen LogP contribution in [0.3, 0.4) is 0 Å². The average Bonchev–Trinajstić information content (AvgIpc) is 2.84. The van der Waals surface area contributed by atoms with Crippen LogP contribution >= 0.6 is 0 Å². The van der Waals surface area contributed by atoms with Gasteiger partial charge in [0.2, 0.25) is 5.69 Å². The summed E-state index contributed by atoms with van der Waals surface area (Å²) >= 11 is 0. The predicted octanol–water partition coefficient (Wildman–Crippen LogP) is 7.64. The average molecular weight is 427 g/mol. The predicted molar refractivity (Wildman–Crippen MR) is 134 cm³/mol. The maximum absolute atomic E-state index is 9.15. The molecule has 0 saturated heterocycles. The molecule has 1 heteroatoms. The van der Waals surface area contributed by atoms with Gasteiger partial charge < -0.3 is 0 Å². The van der Waals surface area contributed by atoms with Crippen molar-refractivity contribution in [2.45, 2.75) is 68.1 Å². The van der Waals surface area contributed by atoms with Crippen molar-refractivity contribution in [3.63, 3.8) is 0 Å². The van der Waals surface area contributed by atoms with E-state index in [-0.39, 0.29) is 27.8 Å². The van der Waals surface area contributed by atoms with Crippen LogP contribution in [0.4, 0.5) is 0 Å². The van der Waals surface area contributed by atoms with Gasteiger partial charge in [0.1, 0.15) is 7.05 Å². The normalized spacial score (nSPS) is 19.2. The van der Waals surface area contributed by atoms with Crippen molar-refractivity contribution in [2.75, 3.05) is 0 Å². The van der Waals surface area contributed by atoms with E-state index in [1.54, 1.807) is 72.3 Å². The Morgan fingerprint density at radius 3 is 2.03 bits per heavy atom. The second-order valence-corrected chi connectivity index (χ2v) is 10.1. The van der Waals surface area contributed by atoms with Crippen LogP contribution in [0.1, 0.15) is 80.2 Å². The highest BCUT2D eigenvalue weighted by Crippen LogP contribution is 2.34. The lowest BCUT2D eigenvalue weighted by atomic mass is 9.81. The van der Waals surface area contributed by atoms with Crippen LogP contribution in [-0.4, -0.2) is 0 Å². The molecule has 0 radical (unpaired) electrons. The summed E-state index contributed by atoms with van der Waals surface area (Å²) in [5, 5.41) is 0. The summed E-state index contributed by atoms with van der Waals surface area (Å²) in [5.41, 5.74) is -0.538. The van der Waals surface area contributed by atoms with Crippen LogP contribution in [0.5, 0.6) is 0 Å². The topological polar surface area (TPSA) is 3.88 Å². The zero-order valence-electron chi connectivity index (χ0n) is 31.8. The Morgan fingerprint density at radius 2 is 1.45 bits per heavy atom. The number of rotatable bonds is 4. The van der Waals surface area contributed by atoms with Gasteiger partial charge in [-0.25, -0.2) is 4.57 Å². The van der Waals surface area contributed by atoms with Gasteiger partial charge in [-0.15, -0.1) is 0 Å². The Morgan fingerprint density at radius 1 is 0.839 bits per heavy atom. The van der Waals surface area contributed by atoms with Gasteiger partial charge in [-0.2, -0.15) is 0 Å². The minimum atomic E-state index is -2.68. The van der Waals surface area contributed by atoms with Crippen LogP contribution < -0.4 is 4.57 Å². The van der Waals surface area contributed by atoms with Crippen molar-refractivity contribution in [1.29, 1.82) is 0 Å². The summed E-state index contributed by atoms with van der Waals surface area (Å²) < 4.78 is 104. The van der Waals surface area contributed by atoms with E-state index in [4.69, 9.17) is 16.4 Å². The number of hydrogen-bond acceptors (Lipinski definition) is 0. The molecule has 1 aromatic heterocycles. The molecule has 0 aliphatic rings. The van der Waals surface area contributed by atoms with E-state index in [1.807, 2.05) is 0 Å². The van der Waals surface area contributed by atoms with Gasteiger partial charge >= 0.3 is 0 Å². The van der Waals surface area contributed by atoms with Crippen molar-refractivity contribution < 1.29 is 21.0 Å². The van der Waals surface area contributed by atoms with E-state index in [0.29, 0.717) is 16.8 Å². The summed E-state index contributed by atoms with van der Waals surface area (Å²) in [7, 11) is 1.69. The van der Waals surface area contributed by atoms with Crippen molar-refractivity contribution in [3.05, 3.63) is 76.9 Å². The smallest absolute Gasteiger partial charge is 0.201 e. The zero-order chi connectivity index (χ0) is 33.4. The molecular formula is C30H40N+. The molecule has 31 heavy (non-hydrogen) atoms. The first-order valence-corrected chi connectivity index (χ1v) is 10.4. The largest absolute Gasteiger partial charge is 0.212 e. The monoisotopic (exact) mass is 426 g/mol. The molecule has 0 bridgehead atoms. The third-order valence-electron chi connectivity index (χ3n) is 4.70. The molecule has 0 atom stereocenters. The first kappa shape index (κ1) is 12.0. The molecule has 0 aliphatic carbocycles. The third kappa shape index (κ3) is 5.85. The molecule has 2 aromatic carbocycles. The number of pyridine rings is 1. The molecule has 1 nitrogen and oxygen atoms in total. The Labute approximate surface area is 207 Å². The maximum atomic E-state index is 9.15. The lowest BCUT2D eigenvalue weighted by Gasteiger charge is -2.24. The SMILES string of the molecule is [2H]c1c([2H])c([2H])c(-c2cc(-c3cc(C([2H])([2H])C(C)(C)C)c(C([2H])([2H])C(C)(C)C)c[n+]3C)c(C)cc2C([2H])([2H])[2H])c([2H])c1[2H]. The fourth-order valence-electron chi connectivity index (χ4n) is 3.50. The molecule has 0 unspecified atom stereocenters. The van der Waals surface area contributed by atoms with Gasteiger partial charge in [-0.1, -0.05) is 77.8 Å². The highest BCUT2D eigenvalue weighted by atomic mass is 14.9. The maximum Gasteiger partial charge on any atom is 0.212 e. The van der Waals surface area contributed by atoms with Gasteiger partial charge in [0, 0.05) is 26.8 Å². The van der Waals surface area contributed by atoms with E-state index in [2.05, 4.69) is 0 Å². The molecule has 0 saturated carbocycles. The van der Waals surface area contributed by atoms with E-state index < -0.39 is 60.6 Å². The van der Waals surface area contributed by atoms with Gasteiger partial charge in [0.05, 0.1) is 6.85 Å². The molecule has 1 heterocycles. The van der Waals surface area contributed by atoms with Gasteiger partial charge in [0.25, 0.3) is 0 Å². The van der Waals surface area contributed by atoms with Crippen LogP contribution in [-0.2, 0) is 19.8 Å². The fraction of sp³-hybridized carbons (Fsp3) is 0.433. The molecule has 0 amide bonds. The molecule has 0 fully saturated rings. The minimum absolute atomic E-state index is 0.0490. The highest BCUT2D eigenvalue weighted by molar-refractivity contribution is 5.75. The minimum Gasteiger partial charge on any atom is -0.201 e. The summed E-state index contributed by atoms with van der Waals surface area (Å²) in [6.45, 7) is 9.49. The van der Waals surface area contributed by atoms with E-state index >= 15 is 0 Å². The van der Waals surface area contributed by atoms with Crippen molar-refractivity contribution in [1.82, 2.24) is 0 Å². The molecular weight excluding hydrogens is 374 g/mol. The summed E-state index contributed by atoms with van der Waals surface area (Å²) in [6, 6.07) is 1.65. The van der Waals surface area contributed by atoms with Crippen LogP contribution in [0, 0.1) is 24.6 Å². The second kappa shape index (κ2) is 8.61. The Kier molecular flexibility index (Phi) is 3.33. The first-order chi connectivity index (χ1) is 19.2. The van der Waals surface area contributed by atoms with Gasteiger partial charge in [0.15, 0.2) is 6.20 Å². The second-order valence-electron chi connectivity index (χ2n) is 10.1. The summed E-state index contributed by atoms with van der Waals surface area (Å²) in [6.07, 6.45) is -2.36. The van der Waals surface area contributed by atoms with Crippen LogP contribution in [0.25, 0.3) is 22.4 Å². The molecule has 3 rings (SSSR count). The molecule has 164 valence electrons. The number of nitrogens with zero attached hydrogens (tertiary/aromatic N) is 1. The van der Waals surface area contributed by atoms with E-state index in [9.17, 15) is 0 Å². The Hall–Kier alpha value is -2.41. The van der Waals surface area contributed by atoms with Crippen LogP contribution in [0.15, 0.2) is 54.6 Å². The molecule has 0 spiro atoms. The zero-order valence-corrected chi connectivity index (χ0v) is 19.8. The van der Waals surface area contributed by atoms with Crippen molar-refractivity contribution in [3.8, 4) is 22.4 Å². The third-order valence-corrected chi connectivity index (χ3v) is 4.70. The summed E-state index contributed by atoms with van der Waals surface area (Å²) in [4.78, 5) is 0. The first-order valence-electron chi connectivity index (χ1n) is 16.4. The summed E-state index contributed by atoms with van der Waals surface area (Å²) in [5.74, 6) is 0. The molecule has 3 aromatic rings. The number of hydrogen-bond donors (Lipinski definition) is 0. The quantitative estimate of drug-likeness (QED) is 0.377. The Balaban J connectivity index is 2.56. The van der Waals surface area contributed by atoms with E-state index in [0.717, 1.165) is 0 Å². The number of benzene rings is 2. The van der Waals surface area contributed by atoms with Crippen molar-refractivity contribution >= 4 is 0 Å². The number of aromatic nitrogens is 1. The van der Waals surface area contributed by atoms with Crippen LogP contribution in [0.2, 0.25) is 0 Å². The lowest BCUT2D eigenvalue weighted by molar-refractivity contribution is -0.660. The van der Waals surface area contributed by atoms with Gasteiger partial charge in [-0.3, -0.25) is 0 Å². The van der Waals surface area contributed by atoms with Crippen molar-refractivity contribution in [2.24, 2.45) is 17.9 Å². The highest BCUT2D eigenvalue weighted by Gasteiger charge is 2.24. The molecule has 0 aliphatic heterocycles. The van der Waals surface area contributed by atoms with E-state index in [1.165, 1.54) is 12.1 Å². The van der Waals surface area contributed by atoms with Gasteiger partial charge in [-0.05, 0) is 71.2 Å². The lowest BCUT2D eigenvalue weighted by Crippen LogP contribution is -2.33. The standard InChI is InChI=1S/C30H40N/c1-21-15-22(2)27(17-26(21)23-13-11-10-12-14-23)28-16-24(18-29(3,4)5)25(20-31(28)9)19-30(6,7)8/h10-17,20H,18-19H2,1-9H3/q+1/i1D3,10D,11D,12D,13D,14D,18D2,19D2.